The van der Waals surface area contributed by atoms with Gasteiger partial charge >= 0.3 is 5.97 Å². The highest BCUT2D eigenvalue weighted by Crippen LogP contribution is 2.11. The minimum Gasteiger partial charge on any atom is -0.480 e. The van der Waals surface area contributed by atoms with E-state index in [4.69, 9.17) is 0 Å². The molecule has 126 valence electrons. The third-order valence-electron chi connectivity index (χ3n) is 3.42. The lowest BCUT2D eigenvalue weighted by Gasteiger charge is -2.14. The van der Waals surface area contributed by atoms with Crippen LogP contribution in [0.1, 0.15) is 56.3 Å². The molecular weight excluding hydrogens is 296 g/mol. The van der Waals surface area contributed by atoms with Gasteiger partial charge < -0.3 is 15.7 Å². The zero-order chi connectivity index (χ0) is 17.2. The molecule has 2 amide bonds. The van der Waals surface area contributed by atoms with Gasteiger partial charge in [0.2, 0.25) is 5.91 Å². The summed E-state index contributed by atoms with van der Waals surface area (Å²) in [6, 6.07) is 5.43. The molecule has 0 radical (unpaired) electrons. The number of hydrogen-bond donors (Lipinski definition) is 3. The van der Waals surface area contributed by atoms with Crippen LogP contribution in [-0.2, 0) is 9.59 Å². The number of hydrogen-bond acceptors (Lipinski definition) is 3. The summed E-state index contributed by atoms with van der Waals surface area (Å²) in [5.74, 6) is -1.65. The number of carbonyl (C=O) groups is 3. The molecule has 1 rings (SSSR count). The van der Waals surface area contributed by atoms with Gasteiger partial charge in [-0.25, -0.2) is 4.79 Å². The summed E-state index contributed by atoms with van der Waals surface area (Å²) in [5, 5.41) is 14.4. The fraction of sp³-hybridized carbons (Fsp3) is 0.471. The SMILES string of the molecule is CCCCCC[C@H](NC(=O)c1ccc(NC(C)=O)cc1)C(=O)O. The first-order chi connectivity index (χ1) is 10.9. The fourth-order valence-electron chi connectivity index (χ4n) is 2.18. The summed E-state index contributed by atoms with van der Waals surface area (Å²) in [7, 11) is 0. The van der Waals surface area contributed by atoms with E-state index in [1.165, 1.54) is 6.92 Å². The molecule has 6 nitrogen and oxygen atoms in total. The summed E-state index contributed by atoms with van der Waals surface area (Å²) in [6.45, 7) is 3.48. The van der Waals surface area contributed by atoms with Crippen molar-refractivity contribution in [2.24, 2.45) is 0 Å². The highest BCUT2D eigenvalue weighted by atomic mass is 16.4. The largest absolute Gasteiger partial charge is 0.480 e. The van der Waals surface area contributed by atoms with Crippen LogP contribution in [0.5, 0.6) is 0 Å². The maximum absolute atomic E-state index is 12.1. The van der Waals surface area contributed by atoms with Crippen molar-refractivity contribution >= 4 is 23.5 Å². The molecule has 0 unspecified atom stereocenters. The smallest absolute Gasteiger partial charge is 0.326 e. The van der Waals surface area contributed by atoms with E-state index >= 15 is 0 Å². The van der Waals surface area contributed by atoms with Crippen LogP contribution in [0.4, 0.5) is 5.69 Å². The molecule has 1 aromatic carbocycles. The van der Waals surface area contributed by atoms with E-state index in [2.05, 4.69) is 17.6 Å². The molecule has 0 aliphatic heterocycles. The Morgan fingerprint density at radius 3 is 2.26 bits per heavy atom. The maximum atomic E-state index is 12.1. The highest BCUT2D eigenvalue weighted by molar-refractivity contribution is 5.97. The molecule has 0 bridgehead atoms. The number of carboxylic acid groups (broad SMARTS) is 1. The molecule has 0 spiro atoms. The molecule has 0 fully saturated rings. The van der Waals surface area contributed by atoms with E-state index in [0.717, 1.165) is 25.7 Å². The van der Waals surface area contributed by atoms with Crippen LogP contribution in [-0.4, -0.2) is 28.9 Å². The number of amides is 2. The van der Waals surface area contributed by atoms with Gasteiger partial charge in [-0.05, 0) is 30.7 Å². The van der Waals surface area contributed by atoms with Crippen LogP contribution in [0, 0.1) is 0 Å². The van der Waals surface area contributed by atoms with Crippen LogP contribution in [0.2, 0.25) is 0 Å². The summed E-state index contributed by atoms with van der Waals surface area (Å²) in [5.41, 5.74) is 0.947. The predicted octanol–water partition coefficient (Wildman–Crippen LogP) is 2.80. The minimum atomic E-state index is -1.02. The molecule has 1 aromatic rings. The molecule has 6 heteroatoms. The maximum Gasteiger partial charge on any atom is 0.326 e. The summed E-state index contributed by atoms with van der Waals surface area (Å²) in [4.78, 5) is 34.3. The second-order valence-electron chi connectivity index (χ2n) is 5.47. The Kier molecular flexibility index (Phi) is 7.80. The Morgan fingerprint density at radius 2 is 1.74 bits per heavy atom. The van der Waals surface area contributed by atoms with Crippen LogP contribution in [0.15, 0.2) is 24.3 Å². The molecular formula is C17H24N2O4. The van der Waals surface area contributed by atoms with E-state index < -0.39 is 17.9 Å². The fourth-order valence-corrected chi connectivity index (χ4v) is 2.18. The number of unbranched alkanes of at least 4 members (excludes halogenated alkanes) is 3. The second kappa shape index (κ2) is 9.61. The van der Waals surface area contributed by atoms with Crippen molar-refractivity contribution in [2.75, 3.05) is 5.32 Å². The van der Waals surface area contributed by atoms with Crippen molar-refractivity contribution in [1.82, 2.24) is 5.32 Å². The van der Waals surface area contributed by atoms with Crippen molar-refractivity contribution in [2.45, 2.75) is 52.0 Å². The lowest BCUT2D eigenvalue weighted by molar-refractivity contribution is -0.139. The Morgan fingerprint density at radius 1 is 1.09 bits per heavy atom. The van der Waals surface area contributed by atoms with Gasteiger partial charge in [0.05, 0.1) is 0 Å². The van der Waals surface area contributed by atoms with Gasteiger partial charge in [0.15, 0.2) is 0 Å². The zero-order valence-electron chi connectivity index (χ0n) is 13.6. The van der Waals surface area contributed by atoms with Gasteiger partial charge in [-0.2, -0.15) is 0 Å². The quantitative estimate of drug-likeness (QED) is 0.610. The van der Waals surface area contributed by atoms with Crippen LogP contribution in [0.25, 0.3) is 0 Å². The summed E-state index contributed by atoms with van der Waals surface area (Å²) < 4.78 is 0. The Balaban J connectivity index is 2.60. The van der Waals surface area contributed by atoms with Crippen molar-refractivity contribution < 1.29 is 19.5 Å². The molecule has 0 aliphatic rings. The van der Waals surface area contributed by atoms with E-state index in [9.17, 15) is 19.5 Å². The van der Waals surface area contributed by atoms with Crippen LogP contribution >= 0.6 is 0 Å². The first-order valence-corrected chi connectivity index (χ1v) is 7.85. The first-order valence-electron chi connectivity index (χ1n) is 7.85. The Hall–Kier alpha value is -2.37. The van der Waals surface area contributed by atoms with Crippen molar-refractivity contribution in [3.05, 3.63) is 29.8 Å². The molecule has 0 heterocycles. The summed E-state index contributed by atoms with van der Waals surface area (Å²) >= 11 is 0. The lowest BCUT2D eigenvalue weighted by Crippen LogP contribution is -2.40. The highest BCUT2D eigenvalue weighted by Gasteiger charge is 2.20. The summed E-state index contributed by atoms with van der Waals surface area (Å²) in [6.07, 6.45) is 4.29. The van der Waals surface area contributed by atoms with Crippen LogP contribution in [0.3, 0.4) is 0 Å². The van der Waals surface area contributed by atoms with Gasteiger partial charge in [0, 0.05) is 18.2 Å². The number of rotatable bonds is 9. The van der Waals surface area contributed by atoms with Crippen LogP contribution < -0.4 is 10.6 Å². The topological polar surface area (TPSA) is 95.5 Å². The van der Waals surface area contributed by atoms with E-state index in [-0.39, 0.29) is 5.91 Å². The third-order valence-corrected chi connectivity index (χ3v) is 3.42. The zero-order valence-corrected chi connectivity index (χ0v) is 13.6. The number of nitrogens with one attached hydrogen (secondary N) is 2. The predicted molar refractivity (Wildman–Crippen MR) is 88.4 cm³/mol. The van der Waals surface area contributed by atoms with Gasteiger partial charge in [0.25, 0.3) is 5.91 Å². The minimum absolute atomic E-state index is 0.194. The van der Waals surface area contributed by atoms with Crippen molar-refractivity contribution in [3.63, 3.8) is 0 Å². The Bertz CT molecular complexity index is 540. The number of carbonyl (C=O) groups excluding carboxylic acids is 2. The Labute approximate surface area is 136 Å². The van der Waals surface area contributed by atoms with Gasteiger partial charge in [-0.3, -0.25) is 9.59 Å². The monoisotopic (exact) mass is 320 g/mol. The molecule has 1 atom stereocenters. The van der Waals surface area contributed by atoms with E-state index in [1.54, 1.807) is 24.3 Å². The van der Waals surface area contributed by atoms with Gasteiger partial charge in [-0.1, -0.05) is 32.6 Å². The number of carboxylic acids is 1. The number of benzene rings is 1. The van der Waals surface area contributed by atoms with E-state index in [0.29, 0.717) is 17.7 Å². The number of anilines is 1. The number of aliphatic carboxylic acids is 1. The molecule has 0 aromatic heterocycles. The van der Waals surface area contributed by atoms with Crippen molar-refractivity contribution in [3.8, 4) is 0 Å². The average Bonchev–Trinajstić information content (AvgIpc) is 2.50. The normalized spacial score (nSPS) is 11.6. The van der Waals surface area contributed by atoms with Gasteiger partial charge in [0.1, 0.15) is 6.04 Å². The first kappa shape index (κ1) is 18.7. The molecule has 0 aliphatic carbocycles. The molecule has 3 N–H and O–H groups in total. The van der Waals surface area contributed by atoms with Crippen molar-refractivity contribution in [1.29, 1.82) is 0 Å². The third kappa shape index (κ3) is 6.95. The lowest BCUT2D eigenvalue weighted by atomic mass is 10.1. The van der Waals surface area contributed by atoms with E-state index in [1.807, 2.05) is 0 Å². The molecule has 0 saturated carbocycles. The molecule has 0 saturated heterocycles. The molecule has 23 heavy (non-hydrogen) atoms. The van der Waals surface area contributed by atoms with Gasteiger partial charge in [-0.15, -0.1) is 0 Å². The standard InChI is InChI=1S/C17H24N2O4/c1-3-4-5-6-7-15(17(22)23)19-16(21)13-8-10-14(11-9-13)18-12(2)20/h8-11,15H,3-7H2,1-2H3,(H,18,20)(H,19,21)(H,22,23)/t15-/m0/s1. The average molecular weight is 320 g/mol. The second-order valence-corrected chi connectivity index (χ2v) is 5.47.